The van der Waals surface area contributed by atoms with Crippen molar-refractivity contribution in [1.29, 1.82) is 0 Å². The van der Waals surface area contributed by atoms with E-state index in [9.17, 15) is 14.0 Å². The zero-order valence-corrected chi connectivity index (χ0v) is 8.44. The summed E-state index contributed by atoms with van der Waals surface area (Å²) in [7, 11) is 0. The molecule has 0 saturated heterocycles. The van der Waals surface area contributed by atoms with E-state index in [1.807, 2.05) is 0 Å². The molecule has 1 aromatic carbocycles. The summed E-state index contributed by atoms with van der Waals surface area (Å²) in [4.78, 5) is 20.9. The van der Waals surface area contributed by atoms with Crippen molar-refractivity contribution in [2.24, 2.45) is 0 Å². The van der Waals surface area contributed by atoms with Crippen LogP contribution >= 0.6 is 0 Å². The summed E-state index contributed by atoms with van der Waals surface area (Å²) in [5.41, 5.74) is 0.889. The van der Waals surface area contributed by atoms with Gasteiger partial charge in [0, 0.05) is 6.42 Å². The van der Waals surface area contributed by atoms with Gasteiger partial charge in [-0.15, -0.1) is 0 Å². The number of halogens is 1. The van der Waals surface area contributed by atoms with Gasteiger partial charge in [-0.1, -0.05) is 6.07 Å². The van der Waals surface area contributed by atoms with Crippen LogP contribution in [0.3, 0.4) is 0 Å². The Kier molecular flexibility index (Phi) is 3.99. The van der Waals surface area contributed by atoms with E-state index in [-0.39, 0.29) is 19.3 Å². The Labute approximate surface area is 91.3 Å². The number of carboxylic acids is 2. The largest absolute Gasteiger partial charge is 0.481 e. The monoisotopic (exact) mass is 226 g/mol. The van der Waals surface area contributed by atoms with E-state index in [0.29, 0.717) is 11.1 Å². The molecule has 0 unspecified atom stereocenters. The fourth-order valence-corrected chi connectivity index (χ4v) is 1.40. The summed E-state index contributed by atoms with van der Waals surface area (Å²) in [6.07, 6.45) is -0.235. The molecule has 0 aromatic heterocycles. The van der Waals surface area contributed by atoms with E-state index in [4.69, 9.17) is 10.2 Å². The van der Waals surface area contributed by atoms with E-state index in [1.54, 1.807) is 0 Å². The van der Waals surface area contributed by atoms with Crippen molar-refractivity contribution < 1.29 is 24.2 Å². The molecule has 0 aliphatic rings. The molecule has 16 heavy (non-hydrogen) atoms. The minimum Gasteiger partial charge on any atom is -0.481 e. The van der Waals surface area contributed by atoms with Crippen LogP contribution < -0.4 is 0 Å². The predicted octanol–water partition coefficient (Wildman–Crippen LogP) is 1.47. The van der Waals surface area contributed by atoms with Gasteiger partial charge in [-0.25, -0.2) is 4.39 Å². The minimum atomic E-state index is -1.02. The molecule has 0 fully saturated rings. The average Bonchev–Trinajstić information content (AvgIpc) is 2.17. The topological polar surface area (TPSA) is 74.6 Å². The van der Waals surface area contributed by atoms with Crippen LogP contribution in [-0.2, 0) is 22.4 Å². The summed E-state index contributed by atoms with van der Waals surface area (Å²) in [5.74, 6) is -2.51. The Hall–Kier alpha value is -1.91. The number of carbonyl (C=O) groups is 2. The second-order valence-corrected chi connectivity index (χ2v) is 3.38. The van der Waals surface area contributed by atoms with Gasteiger partial charge in [0.25, 0.3) is 0 Å². The van der Waals surface area contributed by atoms with Gasteiger partial charge in [0.05, 0.1) is 6.42 Å². The molecule has 0 saturated carbocycles. The summed E-state index contributed by atoms with van der Waals surface area (Å²) < 4.78 is 12.9. The smallest absolute Gasteiger partial charge is 0.307 e. The van der Waals surface area contributed by atoms with Gasteiger partial charge < -0.3 is 10.2 Å². The molecule has 0 radical (unpaired) electrons. The molecule has 86 valence electrons. The summed E-state index contributed by atoms with van der Waals surface area (Å²) >= 11 is 0. The highest BCUT2D eigenvalue weighted by Gasteiger charge is 2.09. The first-order chi connectivity index (χ1) is 7.49. The quantitative estimate of drug-likeness (QED) is 0.797. The third-order valence-electron chi connectivity index (χ3n) is 2.12. The molecule has 0 heterocycles. The molecule has 1 aromatic rings. The minimum absolute atomic E-state index is 0.135. The number of rotatable bonds is 5. The number of hydrogen-bond acceptors (Lipinski definition) is 2. The molecule has 4 nitrogen and oxygen atoms in total. The van der Waals surface area contributed by atoms with E-state index < -0.39 is 17.8 Å². The van der Waals surface area contributed by atoms with E-state index in [0.717, 1.165) is 0 Å². The van der Waals surface area contributed by atoms with E-state index in [2.05, 4.69) is 0 Å². The number of hydrogen-bond donors (Lipinski definition) is 2. The Morgan fingerprint density at radius 2 is 1.81 bits per heavy atom. The highest BCUT2D eigenvalue weighted by molar-refractivity contribution is 5.71. The normalized spacial score (nSPS) is 10.1. The maximum absolute atomic E-state index is 12.9. The van der Waals surface area contributed by atoms with Crippen LogP contribution in [0.15, 0.2) is 18.2 Å². The number of benzene rings is 1. The van der Waals surface area contributed by atoms with Gasteiger partial charge in [0.1, 0.15) is 5.82 Å². The maximum Gasteiger partial charge on any atom is 0.307 e. The van der Waals surface area contributed by atoms with Gasteiger partial charge in [0.15, 0.2) is 0 Å². The highest BCUT2D eigenvalue weighted by Crippen LogP contribution is 2.14. The van der Waals surface area contributed by atoms with Gasteiger partial charge in [-0.3, -0.25) is 9.59 Å². The van der Waals surface area contributed by atoms with Crippen LogP contribution in [0.4, 0.5) is 4.39 Å². The van der Waals surface area contributed by atoms with Crippen LogP contribution in [0.25, 0.3) is 0 Å². The molecule has 0 bridgehead atoms. The Bertz CT molecular complexity index is 414. The zero-order valence-electron chi connectivity index (χ0n) is 8.44. The fourth-order valence-electron chi connectivity index (χ4n) is 1.40. The van der Waals surface area contributed by atoms with Crippen molar-refractivity contribution in [3.05, 3.63) is 35.1 Å². The third kappa shape index (κ3) is 3.68. The second-order valence-electron chi connectivity index (χ2n) is 3.38. The Morgan fingerprint density at radius 1 is 1.12 bits per heavy atom. The van der Waals surface area contributed by atoms with Crippen molar-refractivity contribution in [1.82, 2.24) is 0 Å². The predicted molar refractivity (Wildman–Crippen MR) is 53.7 cm³/mol. The van der Waals surface area contributed by atoms with E-state index >= 15 is 0 Å². The molecule has 0 atom stereocenters. The van der Waals surface area contributed by atoms with Crippen LogP contribution in [-0.4, -0.2) is 22.2 Å². The maximum atomic E-state index is 12.9. The van der Waals surface area contributed by atoms with Crippen molar-refractivity contribution >= 4 is 11.9 Å². The number of aryl methyl sites for hydroxylation is 1. The van der Waals surface area contributed by atoms with Crippen LogP contribution in [0.2, 0.25) is 0 Å². The SMILES string of the molecule is O=C(O)CCc1cc(F)ccc1CC(=O)O. The molecule has 5 heteroatoms. The molecule has 0 amide bonds. The lowest BCUT2D eigenvalue weighted by atomic mass is 10.0. The zero-order chi connectivity index (χ0) is 12.1. The molecular weight excluding hydrogens is 215 g/mol. The molecule has 0 aliphatic carbocycles. The second kappa shape index (κ2) is 5.25. The van der Waals surface area contributed by atoms with Gasteiger partial charge in [-0.05, 0) is 29.7 Å². The lowest BCUT2D eigenvalue weighted by Gasteiger charge is -2.06. The first-order valence-corrected chi connectivity index (χ1v) is 4.70. The molecule has 0 spiro atoms. The van der Waals surface area contributed by atoms with Crippen LogP contribution in [0, 0.1) is 5.82 Å². The standard InChI is InChI=1S/C11H11FO4/c12-9-3-1-8(6-11(15)16)7(5-9)2-4-10(13)14/h1,3,5H,2,4,6H2,(H,13,14)(H,15,16). The average molecular weight is 226 g/mol. The molecule has 1 rings (SSSR count). The molecule has 0 aliphatic heterocycles. The Morgan fingerprint density at radius 3 is 2.38 bits per heavy atom. The van der Waals surface area contributed by atoms with Crippen molar-refractivity contribution in [2.75, 3.05) is 0 Å². The molecule has 2 N–H and O–H groups in total. The van der Waals surface area contributed by atoms with Crippen molar-refractivity contribution in [3.63, 3.8) is 0 Å². The number of carboxylic acid groups (broad SMARTS) is 2. The van der Waals surface area contributed by atoms with Crippen LogP contribution in [0.5, 0.6) is 0 Å². The van der Waals surface area contributed by atoms with Gasteiger partial charge in [0.2, 0.25) is 0 Å². The van der Waals surface area contributed by atoms with Crippen molar-refractivity contribution in [2.45, 2.75) is 19.3 Å². The first-order valence-electron chi connectivity index (χ1n) is 4.70. The summed E-state index contributed by atoms with van der Waals surface area (Å²) in [6, 6.07) is 3.73. The Balaban J connectivity index is 2.89. The lowest BCUT2D eigenvalue weighted by molar-refractivity contribution is -0.137. The lowest BCUT2D eigenvalue weighted by Crippen LogP contribution is -2.06. The van der Waals surface area contributed by atoms with Crippen molar-refractivity contribution in [3.8, 4) is 0 Å². The van der Waals surface area contributed by atoms with Gasteiger partial charge in [-0.2, -0.15) is 0 Å². The number of aliphatic carboxylic acids is 2. The van der Waals surface area contributed by atoms with E-state index in [1.165, 1.54) is 18.2 Å². The summed E-state index contributed by atoms with van der Waals surface area (Å²) in [5, 5.41) is 17.1. The van der Waals surface area contributed by atoms with Gasteiger partial charge >= 0.3 is 11.9 Å². The fraction of sp³-hybridized carbons (Fsp3) is 0.273. The van der Waals surface area contributed by atoms with Crippen LogP contribution in [0.1, 0.15) is 17.5 Å². The third-order valence-corrected chi connectivity index (χ3v) is 2.12. The first kappa shape index (κ1) is 12.2. The molecular formula is C11H11FO4. The summed E-state index contributed by atoms with van der Waals surface area (Å²) in [6.45, 7) is 0. The highest BCUT2D eigenvalue weighted by atomic mass is 19.1.